The topological polar surface area (TPSA) is 110 Å². The standard InChI is InChI=1S/C24H18Cl2N2O6/c1-34-22-9-4-15(10-20(22)28(32)33)21(29)12-24(31)18-11-17(26)7-8-19(18)27(23(24)30)13-14-2-5-16(25)6-3-14/h2-11,31H,12-13H2,1H3. The fourth-order valence-corrected chi connectivity index (χ4v) is 4.26. The first-order valence-corrected chi connectivity index (χ1v) is 10.8. The molecule has 0 aromatic heterocycles. The van der Waals surface area contributed by atoms with Crippen molar-refractivity contribution in [2.45, 2.75) is 18.6 Å². The average Bonchev–Trinajstić information content (AvgIpc) is 3.01. The largest absolute Gasteiger partial charge is 0.490 e. The van der Waals surface area contributed by atoms with Gasteiger partial charge in [0.2, 0.25) is 0 Å². The number of nitrogens with zero attached hydrogens (tertiary/aromatic N) is 2. The Balaban J connectivity index is 1.70. The van der Waals surface area contributed by atoms with E-state index in [1.807, 2.05) is 0 Å². The number of Topliss-reactive ketones (excluding diaryl/α,β-unsaturated/α-hetero) is 1. The van der Waals surface area contributed by atoms with Crippen molar-refractivity contribution in [2.24, 2.45) is 0 Å². The van der Waals surface area contributed by atoms with E-state index in [4.69, 9.17) is 27.9 Å². The van der Waals surface area contributed by atoms with Crippen LogP contribution in [0.25, 0.3) is 0 Å². The molecule has 3 aromatic carbocycles. The number of hydrogen-bond acceptors (Lipinski definition) is 6. The number of halogens is 2. The summed E-state index contributed by atoms with van der Waals surface area (Å²) in [5.74, 6) is -1.36. The van der Waals surface area contributed by atoms with Crippen molar-refractivity contribution in [3.05, 3.63) is 97.5 Å². The summed E-state index contributed by atoms with van der Waals surface area (Å²) in [5.41, 5.74) is -1.26. The van der Waals surface area contributed by atoms with Crippen LogP contribution in [0.2, 0.25) is 10.0 Å². The molecule has 0 radical (unpaired) electrons. The van der Waals surface area contributed by atoms with Crippen LogP contribution in [0.5, 0.6) is 5.75 Å². The van der Waals surface area contributed by atoms with Crippen molar-refractivity contribution in [3.8, 4) is 5.75 Å². The highest BCUT2D eigenvalue weighted by atomic mass is 35.5. The number of ether oxygens (including phenoxy) is 1. The molecule has 0 spiro atoms. The second kappa shape index (κ2) is 9.06. The Hall–Kier alpha value is -3.46. The van der Waals surface area contributed by atoms with Crippen molar-refractivity contribution in [1.29, 1.82) is 0 Å². The second-order valence-corrected chi connectivity index (χ2v) is 8.66. The van der Waals surface area contributed by atoms with Crippen LogP contribution in [-0.4, -0.2) is 28.8 Å². The average molecular weight is 501 g/mol. The van der Waals surface area contributed by atoms with Gasteiger partial charge in [0.15, 0.2) is 17.1 Å². The van der Waals surface area contributed by atoms with Crippen molar-refractivity contribution in [1.82, 2.24) is 0 Å². The number of hydrogen-bond donors (Lipinski definition) is 1. The Morgan fingerprint density at radius 1 is 1.09 bits per heavy atom. The first-order valence-electron chi connectivity index (χ1n) is 10.1. The molecule has 3 aromatic rings. The van der Waals surface area contributed by atoms with E-state index in [9.17, 15) is 24.8 Å². The molecular weight excluding hydrogens is 483 g/mol. The quantitative estimate of drug-likeness (QED) is 0.280. The van der Waals surface area contributed by atoms with Crippen molar-refractivity contribution in [3.63, 3.8) is 0 Å². The van der Waals surface area contributed by atoms with Crippen molar-refractivity contribution in [2.75, 3.05) is 12.0 Å². The van der Waals surface area contributed by atoms with Crippen molar-refractivity contribution < 1.29 is 24.4 Å². The van der Waals surface area contributed by atoms with E-state index in [1.54, 1.807) is 36.4 Å². The van der Waals surface area contributed by atoms with Crippen molar-refractivity contribution >= 4 is 46.3 Å². The molecule has 0 saturated carbocycles. The maximum atomic E-state index is 13.4. The Morgan fingerprint density at radius 2 is 1.76 bits per heavy atom. The van der Waals surface area contributed by atoms with Gasteiger partial charge in [-0.2, -0.15) is 0 Å². The van der Waals surface area contributed by atoms with Gasteiger partial charge in [-0.25, -0.2) is 0 Å². The molecule has 0 aliphatic carbocycles. The zero-order valence-corrected chi connectivity index (χ0v) is 19.3. The number of amides is 1. The van der Waals surface area contributed by atoms with E-state index < -0.39 is 34.3 Å². The Labute approximate surface area is 204 Å². The molecule has 10 heteroatoms. The third kappa shape index (κ3) is 4.23. The molecule has 4 rings (SSSR count). The number of carbonyl (C=O) groups is 2. The Bertz CT molecular complexity index is 1310. The Kier molecular flexibility index (Phi) is 6.31. The van der Waals surface area contributed by atoms with Crippen LogP contribution < -0.4 is 9.64 Å². The molecule has 174 valence electrons. The first kappa shape index (κ1) is 23.7. The van der Waals surface area contributed by atoms with Crippen LogP contribution in [-0.2, 0) is 16.9 Å². The highest BCUT2D eigenvalue weighted by Crippen LogP contribution is 2.45. The molecule has 34 heavy (non-hydrogen) atoms. The molecule has 1 amide bonds. The maximum absolute atomic E-state index is 13.4. The third-order valence-electron chi connectivity index (χ3n) is 5.66. The summed E-state index contributed by atoms with van der Waals surface area (Å²) in [6.45, 7) is 0.134. The number of benzene rings is 3. The van der Waals surface area contributed by atoms with E-state index in [1.165, 1.54) is 30.2 Å². The van der Waals surface area contributed by atoms with Crippen LogP contribution in [0, 0.1) is 10.1 Å². The second-order valence-electron chi connectivity index (χ2n) is 7.78. The predicted molar refractivity (Wildman–Crippen MR) is 127 cm³/mol. The van der Waals surface area contributed by atoms with Gasteiger partial charge in [-0.15, -0.1) is 0 Å². The summed E-state index contributed by atoms with van der Waals surface area (Å²) in [4.78, 5) is 38.6. The SMILES string of the molecule is COc1ccc(C(=O)CC2(O)C(=O)N(Cc3ccc(Cl)cc3)c3ccc(Cl)cc32)cc1[N+](=O)[O-]. The minimum absolute atomic E-state index is 0.0107. The van der Waals surface area contributed by atoms with Crippen LogP contribution in [0.4, 0.5) is 11.4 Å². The molecule has 0 fully saturated rings. The lowest BCUT2D eigenvalue weighted by molar-refractivity contribution is -0.385. The number of methoxy groups -OCH3 is 1. The number of ketones is 1. The number of rotatable bonds is 7. The highest BCUT2D eigenvalue weighted by molar-refractivity contribution is 6.31. The molecule has 1 heterocycles. The summed E-state index contributed by atoms with van der Waals surface area (Å²) >= 11 is 12.1. The van der Waals surface area contributed by atoms with Gasteiger partial charge < -0.3 is 14.7 Å². The van der Waals surface area contributed by atoms with E-state index in [0.29, 0.717) is 10.7 Å². The fraction of sp³-hybridized carbons (Fsp3) is 0.167. The number of nitro groups is 1. The number of carbonyl (C=O) groups excluding carboxylic acids is 2. The highest BCUT2D eigenvalue weighted by Gasteiger charge is 2.51. The van der Waals surface area contributed by atoms with Crippen LogP contribution in [0.1, 0.15) is 27.9 Å². The van der Waals surface area contributed by atoms with Gasteiger partial charge in [-0.1, -0.05) is 35.3 Å². The molecule has 1 aliphatic heterocycles. The fourth-order valence-electron chi connectivity index (χ4n) is 3.96. The summed E-state index contributed by atoms with van der Waals surface area (Å²) in [6, 6.07) is 15.2. The van der Waals surface area contributed by atoms with E-state index in [2.05, 4.69) is 0 Å². The lowest BCUT2D eigenvalue weighted by Crippen LogP contribution is -2.41. The van der Waals surface area contributed by atoms with Gasteiger partial charge in [0, 0.05) is 27.2 Å². The maximum Gasteiger partial charge on any atom is 0.311 e. The van der Waals surface area contributed by atoms with Gasteiger partial charge in [-0.3, -0.25) is 19.7 Å². The monoisotopic (exact) mass is 500 g/mol. The lowest BCUT2D eigenvalue weighted by atomic mass is 9.88. The van der Waals surface area contributed by atoms with Gasteiger partial charge in [0.25, 0.3) is 5.91 Å². The minimum atomic E-state index is -2.20. The summed E-state index contributed by atoms with van der Waals surface area (Å²) in [5, 5.41) is 23.6. The van der Waals surface area contributed by atoms with Gasteiger partial charge in [0.1, 0.15) is 0 Å². The molecule has 0 saturated heterocycles. The summed E-state index contributed by atoms with van der Waals surface area (Å²) in [7, 11) is 1.28. The number of aliphatic hydroxyl groups is 1. The van der Waals surface area contributed by atoms with E-state index >= 15 is 0 Å². The van der Waals surface area contributed by atoms with Gasteiger partial charge in [0.05, 0.1) is 30.7 Å². The predicted octanol–water partition coefficient (Wildman–Crippen LogP) is 4.92. The lowest BCUT2D eigenvalue weighted by Gasteiger charge is -2.23. The molecule has 1 N–H and O–H groups in total. The number of anilines is 1. The normalized spacial score (nSPS) is 16.9. The Morgan fingerprint density at radius 3 is 2.41 bits per heavy atom. The molecule has 8 nitrogen and oxygen atoms in total. The zero-order chi connectivity index (χ0) is 24.6. The summed E-state index contributed by atoms with van der Waals surface area (Å²) in [6.07, 6.45) is -0.625. The van der Waals surface area contributed by atoms with E-state index in [-0.39, 0.29) is 28.4 Å². The summed E-state index contributed by atoms with van der Waals surface area (Å²) < 4.78 is 4.96. The molecule has 1 unspecified atom stereocenters. The van der Waals surface area contributed by atoms with E-state index in [0.717, 1.165) is 11.6 Å². The third-order valence-corrected chi connectivity index (χ3v) is 6.15. The van der Waals surface area contributed by atoms with Crippen LogP contribution in [0.15, 0.2) is 60.7 Å². The molecule has 0 bridgehead atoms. The first-order chi connectivity index (χ1) is 16.1. The van der Waals surface area contributed by atoms with Gasteiger partial charge in [-0.05, 0) is 48.0 Å². The molecule has 1 aliphatic rings. The molecule has 1 atom stereocenters. The van der Waals surface area contributed by atoms with Crippen LogP contribution in [0.3, 0.4) is 0 Å². The number of fused-ring (bicyclic) bond motifs is 1. The minimum Gasteiger partial charge on any atom is -0.490 e. The smallest absolute Gasteiger partial charge is 0.311 e. The van der Waals surface area contributed by atoms with Crippen LogP contribution >= 0.6 is 23.2 Å². The zero-order valence-electron chi connectivity index (χ0n) is 17.8. The van der Waals surface area contributed by atoms with Gasteiger partial charge >= 0.3 is 5.69 Å². The number of nitro benzene ring substituents is 1. The molecular formula is C24H18Cl2N2O6.